The van der Waals surface area contributed by atoms with E-state index >= 15 is 0 Å². The smallest absolute Gasteiger partial charge is 0.108 e. The number of nitriles is 1. The van der Waals surface area contributed by atoms with E-state index in [0.29, 0.717) is 17.4 Å². The molecular formula is C16H25N3. The SMILES string of the molecule is CCc1nccn1C1CC(C(C)(C)C)CCC1C#N. The average Bonchev–Trinajstić information content (AvgIpc) is 2.85. The van der Waals surface area contributed by atoms with Crippen molar-refractivity contribution in [1.29, 1.82) is 5.26 Å². The summed E-state index contributed by atoms with van der Waals surface area (Å²) in [6.45, 7) is 9.08. The van der Waals surface area contributed by atoms with Gasteiger partial charge in [-0.2, -0.15) is 5.26 Å². The summed E-state index contributed by atoms with van der Waals surface area (Å²) in [7, 11) is 0. The van der Waals surface area contributed by atoms with E-state index in [-0.39, 0.29) is 5.92 Å². The highest BCUT2D eigenvalue weighted by molar-refractivity contribution is 5.03. The molecule has 1 aromatic rings. The Morgan fingerprint density at radius 2 is 2.16 bits per heavy atom. The topological polar surface area (TPSA) is 41.6 Å². The van der Waals surface area contributed by atoms with Crippen LogP contribution in [0.15, 0.2) is 12.4 Å². The summed E-state index contributed by atoms with van der Waals surface area (Å²) in [5.41, 5.74) is 0.325. The Hall–Kier alpha value is -1.30. The Morgan fingerprint density at radius 3 is 2.74 bits per heavy atom. The first-order valence-corrected chi connectivity index (χ1v) is 7.38. The lowest BCUT2D eigenvalue weighted by atomic mass is 9.68. The molecule has 3 unspecified atom stereocenters. The number of aryl methyl sites for hydroxylation is 1. The van der Waals surface area contributed by atoms with Crippen LogP contribution in [0, 0.1) is 28.6 Å². The second-order valence-corrected chi connectivity index (χ2v) is 6.78. The first-order valence-electron chi connectivity index (χ1n) is 7.38. The molecule has 1 fully saturated rings. The van der Waals surface area contributed by atoms with Crippen LogP contribution in [0.2, 0.25) is 0 Å². The lowest BCUT2D eigenvalue weighted by Gasteiger charge is -2.40. The molecule has 0 radical (unpaired) electrons. The monoisotopic (exact) mass is 259 g/mol. The van der Waals surface area contributed by atoms with Crippen LogP contribution in [0.1, 0.15) is 58.8 Å². The molecule has 0 N–H and O–H groups in total. The minimum atomic E-state index is 0.137. The molecule has 1 heterocycles. The number of rotatable bonds is 2. The van der Waals surface area contributed by atoms with Crippen molar-refractivity contribution in [1.82, 2.24) is 9.55 Å². The number of aromatic nitrogens is 2. The molecule has 1 aliphatic rings. The third-order valence-corrected chi connectivity index (χ3v) is 4.63. The Bertz CT molecular complexity index is 461. The molecule has 0 aliphatic heterocycles. The van der Waals surface area contributed by atoms with Gasteiger partial charge in [0, 0.05) is 18.8 Å². The van der Waals surface area contributed by atoms with Gasteiger partial charge in [-0.25, -0.2) is 4.98 Å². The molecule has 2 rings (SSSR count). The Kier molecular flexibility index (Phi) is 3.99. The Labute approximate surface area is 116 Å². The van der Waals surface area contributed by atoms with Gasteiger partial charge in [-0.1, -0.05) is 27.7 Å². The lowest BCUT2D eigenvalue weighted by molar-refractivity contribution is 0.120. The molecule has 1 aromatic heterocycles. The number of imidazole rings is 1. The summed E-state index contributed by atoms with van der Waals surface area (Å²) in [5.74, 6) is 1.94. The van der Waals surface area contributed by atoms with Crippen LogP contribution in [0.3, 0.4) is 0 Å². The van der Waals surface area contributed by atoms with Crippen LogP contribution in [0.25, 0.3) is 0 Å². The van der Waals surface area contributed by atoms with E-state index in [1.54, 1.807) is 0 Å². The standard InChI is InChI=1S/C16H25N3/c1-5-15-18-8-9-19(15)14-10-13(16(2,3)4)7-6-12(14)11-17/h8-9,12-14H,5-7,10H2,1-4H3. The van der Waals surface area contributed by atoms with Crippen LogP contribution in [0.4, 0.5) is 0 Å². The van der Waals surface area contributed by atoms with Crippen molar-refractivity contribution < 1.29 is 0 Å². The molecule has 0 spiro atoms. The average molecular weight is 259 g/mol. The predicted molar refractivity (Wildman–Crippen MR) is 76.5 cm³/mol. The largest absolute Gasteiger partial charge is 0.331 e. The van der Waals surface area contributed by atoms with Crippen LogP contribution >= 0.6 is 0 Å². The lowest BCUT2D eigenvalue weighted by Crippen LogP contribution is -2.33. The van der Waals surface area contributed by atoms with Crippen molar-refractivity contribution in [2.75, 3.05) is 0 Å². The maximum atomic E-state index is 9.43. The van der Waals surface area contributed by atoms with Gasteiger partial charge in [-0.3, -0.25) is 0 Å². The molecule has 104 valence electrons. The molecule has 0 aromatic carbocycles. The van der Waals surface area contributed by atoms with Crippen LogP contribution < -0.4 is 0 Å². The molecule has 0 amide bonds. The quantitative estimate of drug-likeness (QED) is 0.806. The van der Waals surface area contributed by atoms with E-state index in [9.17, 15) is 5.26 Å². The molecule has 0 bridgehead atoms. The van der Waals surface area contributed by atoms with Gasteiger partial charge in [-0.15, -0.1) is 0 Å². The first kappa shape index (κ1) is 14.1. The zero-order valence-electron chi connectivity index (χ0n) is 12.6. The summed E-state index contributed by atoms with van der Waals surface area (Å²) < 4.78 is 2.26. The third kappa shape index (κ3) is 2.83. The van der Waals surface area contributed by atoms with Crippen molar-refractivity contribution in [2.45, 2.75) is 59.4 Å². The molecule has 3 atom stereocenters. The third-order valence-electron chi connectivity index (χ3n) is 4.63. The highest BCUT2D eigenvalue weighted by Crippen LogP contribution is 2.44. The van der Waals surface area contributed by atoms with Gasteiger partial charge in [0.25, 0.3) is 0 Å². The normalized spacial score (nSPS) is 28.1. The molecule has 1 aliphatic carbocycles. The molecule has 3 nitrogen and oxygen atoms in total. The van der Waals surface area contributed by atoms with Gasteiger partial charge in [-0.05, 0) is 30.6 Å². The maximum absolute atomic E-state index is 9.43. The van der Waals surface area contributed by atoms with Crippen molar-refractivity contribution in [3.63, 3.8) is 0 Å². The minimum absolute atomic E-state index is 0.137. The van der Waals surface area contributed by atoms with Gasteiger partial charge < -0.3 is 4.57 Å². The van der Waals surface area contributed by atoms with E-state index in [1.807, 2.05) is 6.20 Å². The second kappa shape index (κ2) is 5.36. The minimum Gasteiger partial charge on any atom is -0.331 e. The van der Waals surface area contributed by atoms with Crippen LogP contribution in [-0.2, 0) is 6.42 Å². The van der Waals surface area contributed by atoms with Crippen LogP contribution in [0.5, 0.6) is 0 Å². The number of nitrogens with zero attached hydrogens (tertiary/aromatic N) is 3. The zero-order chi connectivity index (χ0) is 14.0. The van der Waals surface area contributed by atoms with E-state index in [4.69, 9.17) is 0 Å². The molecule has 0 saturated heterocycles. The summed E-state index contributed by atoms with van der Waals surface area (Å²) in [5, 5.41) is 9.43. The summed E-state index contributed by atoms with van der Waals surface area (Å²) in [6, 6.07) is 2.82. The summed E-state index contributed by atoms with van der Waals surface area (Å²) in [6.07, 6.45) is 8.15. The molecule has 1 saturated carbocycles. The highest BCUT2D eigenvalue weighted by atomic mass is 15.1. The fourth-order valence-electron chi connectivity index (χ4n) is 3.31. The highest BCUT2D eigenvalue weighted by Gasteiger charge is 2.37. The number of hydrogen-bond acceptors (Lipinski definition) is 2. The molecule has 3 heteroatoms. The van der Waals surface area contributed by atoms with E-state index in [1.165, 1.54) is 6.42 Å². The van der Waals surface area contributed by atoms with Gasteiger partial charge >= 0.3 is 0 Å². The van der Waals surface area contributed by atoms with Crippen molar-refractivity contribution in [3.05, 3.63) is 18.2 Å². The van der Waals surface area contributed by atoms with E-state index in [0.717, 1.165) is 25.1 Å². The van der Waals surface area contributed by atoms with E-state index in [2.05, 4.69) is 49.5 Å². The Morgan fingerprint density at radius 1 is 1.42 bits per heavy atom. The van der Waals surface area contributed by atoms with Gasteiger partial charge in [0.15, 0.2) is 0 Å². The van der Waals surface area contributed by atoms with Gasteiger partial charge in [0.05, 0.1) is 18.0 Å². The van der Waals surface area contributed by atoms with Gasteiger partial charge in [0.2, 0.25) is 0 Å². The predicted octanol–water partition coefficient (Wildman–Crippen LogP) is 3.97. The van der Waals surface area contributed by atoms with Crippen molar-refractivity contribution in [3.8, 4) is 6.07 Å². The van der Waals surface area contributed by atoms with Crippen LogP contribution in [-0.4, -0.2) is 9.55 Å². The van der Waals surface area contributed by atoms with E-state index < -0.39 is 0 Å². The molecule has 19 heavy (non-hydrogen) atoms. The Balaban J connectivity index is 2.27. The fourth-order valence-corrected chi connectivity index (χ4v) is 3.31. The van der Waals surface area contributed by atoms with Crippen molar-refractivity contribution >= 4 is 0 Å². The molecular weight excluding hydrogens is 234 g/mol. The van der Waals surface area contributed by atoms with Crippen molar-refractivity contribution in [2.24, 2.45) is 17.3 Å². The second-order valence-electron chi connectivity index (χ2n) is 6.78. The fraction of sp³-hybridized carbons (Fsp3) is 0.750. The first-order chi connectivity index (χ1) is 8.97. The van der Waals surface area contributed by atoms with Gasteiger partial charge in [0.1, 0.15) is 5.82 Å². The summed E-state index contributed by atoms with van der Waals surface area (Å²) in [4.78, 5) is 4.42. The zero-order valence-corrected chi connectivity index (χ0v) is 12.6. The summed E-state index contributed by atoms with van der Waals surface area (Å²) >= 11 is 0. The number of hydrogen-bond donors (Lipinski definition) is 0. The maximum Gasteiger partial charge on any atom is 0.108 e.